The summed E-state index contributed by atoms with van der Waals surface area (Å²) in [5.74, 6) is -1.25. The van der Waals surface area contributed by atoms with Gasteiger partial charge in [-0.3, -0.25) is 4.79 Å². The van der Waals surface area contributed by atoms with Crippen molar-refractivity contribution in [2.45, 2.75) is 32.2 Å². The number of carbonyl (C=O) groups excluding carboxylic acids is 1. The highest BCUT2D eigenvalue weighted by molar-refractivity contribution is 9.10. The van der Waals surface area contributed by atoms with Gasteiger partial charge in [-0.15, -0.1) is 0 Å². The highest BCUT2D eigenvalue weighted by Gasteiger charge is 2.27. The number of halogens is 3. The van der Waals surface area contributed by atoms with Crippen molar-refractivity contribution in [2.75, 3.05) is 11.9 Å². The Labute approximate surface area is 125 Å². The van der Waals surface area contributed by atoms with Crippen molar-refractivity contribution in [3.8, 4) is 0 Å². The molecule has 1 saturated heterocycles. The number of hydrogen-bond acceptors (Lipinski definition) is 2. The molecule has 110 valence electrons. The summed E-state index contributed by atoms with van der Waals surface area (Å²) in [6, 6.07) is 1.55. The second-order valence-electron chi connectivity index (χ2n) is 5.04. The zero-order valence-corrected chi connectivity index (χ0v) is 12.8. The molecule has 2 unspecified atom stereocenters. The second-order valence-corrected chi connectivity index (χ2v) is 5.89. The van der Waals surface area contributed by atoms with Gasteiger partial charge in [0.25, 0.3) is 0 Å². The number of hydrogen-bond donors (Lipinski definition) is 2. The van der Waals surface area contributed by atoms with Gasteiger partial charge in [-0.05, 0) is 47.3 Å². The van der Waals surface area contributed by atoms with Gasteiger partial charge in [-0.25, -0.2) is 8.78 Å². The molecule has 1 aromatic carbocycles. The molecular formula is C14H17BrF2N2O. The van der Waals surface area contributed by atoms with E-state index >= 15 is 0 Å². The number of rotatable bonds is 3. The van der Waals surface area contributed by atoms with Crippen molar-refractivity contribution >= 4 is 27.5 Å². The summed E-state index contributed by atoms with van der Waals surface area (Å²) in [5.41, 5.74) is -0.0168. The summed E-state index contributed by atoms with van der Waals surface area (Å²) in [4.78, 5) is 12.2. The third kappa shape index (κ3) is 3.55. The molecular weight excluding hydrogens is 330 g/mol. The first-order valence-electron chi connectivity index (χ1n) is 6.70. The maximum atomic E-state index is 13.7. The Morgan fingerprint density at radius 2 is 2.25 bits per heavy atom. The van der Waals surface area contributed by atoms with Crippen LogP contribution in [0.25, 0.3) is 0 Å². The molecule has 1 aliphatic rings. The van der Waals surface area contributed by atoms with E-state index in [1.807, 2.05) is 0 Å². The van der Waals surface area contributed by atoms with Crippen LogP contribution in [0.1, 0.15) is 26.2 Å². The summed E-state index contributed by atoms with van der Waals surface area (Å²) < 4.78 is 26.9. The predicted octanol–water partition coefficient (Wildman–Crippen LogP) is 3.44. The Morgan fingerprint density at radius 1 is 1.50 bits per heavy atom. The average molecular weight is 347 g/mol. The lowest BCUT2D eigenvalue weighted by Crippen LogP contribution is -2.46. The fraction of sp³-hybridized carbons (Fsp3) is 0.500. The molecule has 1 amide bonds. The molecule has 2 N–H and O–H groups in total. The topological polar surface area (TPSA) is 41.1 Å². The molecule has 0 radical (unpaired) electrons. The summed E-state index contributed by atoms with van der Waals surface area (Å²) in [6.45, 7) is 2.88. The Bertz CT molecular complexity index is 487. The predicted molar refractivity (Wildman–Crippen MR) is 77.5 cm³/mol. The van der Waals surface area contributed by atoms with E-state index in [-0.39, 0.29) is 22.1 Å². The maximum absolute atomic E-state index is 13.7. The smallest absolute Gasteiger partial charge is 0.241 e. The molecule has 1 aliphatic heterocycles. The lowest BCUT2D eigenvalue weighted by atomic mass is 9.90. The second kappa shape index (κ2) is 6.63. The minimum absolute atomic E-state index is 0.0168. The monoisotopic (exact) mass is 346 g/mol. The summed E-state index contributed by atoms with van der Waals surface area (Å²) in [5, 5.41) is 5.66. The molecule has 1 aromatic rings. The van der Waals surface area contributed by atoms with Gasteiger partial charge in [0.05, 0.1) is 11.7 Å². The quantitative estimate of drug-likeness (QED) is 0.880. The highest BCUT2D eigenvalue weighted by Crippen LogP contribution is 2.28. The maximum Gasteiger partial charge on any atom is 0.241 e. The largest absolute Gasteiger partial charge is 0.321 e. The average Bonchev–Trinajstić information content (AvgIpc) is 2.42. The van der Waals surface area contributed by atoms with Gasteiger partial charge < -0.3 is 10.6 Å². The van der Waals surface area contributed by atoms with Crippen LogP contribution in [-0.4, -0.2) is 18.5 Å². The summed E-state index contributed by atoms with van der Waals surface area (Å²) in [7, 11) is 0. The van der Waals surface area contributed by atoms with E-state index in [2.05, 4.69) is 33.5 Å². The third-order valence-corrected chi connectivity index (χ3v) is 4.29. The van der Waals surface area contributed by atoms with Gasteiger partial charge in [0.2, 0.25) is 5.91 Å². The normalized spacial score (nSPS) is 22.6. The first-order valence-corrected chi connectivity index (χ1v) is 7.49. The molecule has 1 heterocycles. The molecule has 3 nitrogen and oxygen atoms in total. The standard InChI is InChI=1S/C14H17BrF2N2O/c1-2-8-3-4-18-12(5-8)14(20)19-13-10(15)6-9(16)7-11(13)17/h6-8,12,18H,2-5H2,1H3,(H,19,20). The number of carbonyl (C=O) groups is 1. The molecule has 0 bridgehead atoms. The van der Waals surface area contributed by atoms with E-state index in [0.29, 0.717) is 5.92 Å². The molecule has 0 spiro atoms. The van der Waals surface area contributed by atoms with E-state index in [1.54, 1.807) is 0 Å². The van der Waals surface area contributed by atoms with Crippen molar-refractivity contribution < 1.29 is 13.6 Å². The molecule has 2 rings (SSSR count). The van der Waals surface area contributed by atoms with E-state index in [9.17, 15) is 13.6 Å². The van der Waals surface area contributed by atoms with Gasteiger partial charge in [0.15, 0.2) is 5.82 Å². The van der Waals surface area contributed by atoms with Crippen LogP contribution in [0.3, 0.4) is 0 Å². The fourth-order valence-corrected chi connectivity index (χ4v) is 2.95. The molecule has 0 saturated carbocycles. The van der Waals surface area contributed by atoms with Crippen LogP contribution in [0, 0.1) is 17.6 Å². The Hall–Kier alpha value is -1.01. The van der Waals surface area contributed by atoms with Crippen molar-refractivity contribution in [1.29, 1.82) is 0 Å². The van der Waals surface area contributed by atoms with Crippen LogP contribution in [0.4, 0.5) is 14.5 Å². The van der Waals surface area contributed by atoms with Crippen LogP contribution in [0.15, 0.2) is 16.6 Å². The lowest BCUT2D eigenvalue weighted by molar-refractivity contribution is -0.119. The zero-order chi connectivity index (χ0) is 14.7. The van der Waals surface area contributed by atoms with E-state index in [4.69, 9.17) is 0 Å². The fourth-order valence-electron chi connectivity index (χ4n) is 2.44. The Morgan fingerprint density at radius 3 is 2.90 bits per heavy atom. The highest BCUT2D eigenvalue weighted by atomic mass is 79.9. The number of benzene rings is 1. The zero-order valence-electron chi connectivity index (χ0n) is 11.2. The van der Waals surface area contributed by atoms with Crippen LogP contribution in [0.5, 0.6) is 0 Å². The molecule has 0 aliphatic carbocycles. The van der Waals surface area contributed by atoms with Crippen molar-refractivity contribution in [3.63, 3.8) is 0 Å². The van der Waals surface area contributed by atoms with E-state index in [0.717, 1.165) is 37.9 Å². The van der Waals surface area contributed by atoms with Gasteiger partial charge in [0.1, 0.15) is 5.82 Å². The number of anilines is 1. The van der Waals surface area contributed by atoms with Crippen LogP contribution >= 0.6 is 15.9 Å². The molecule has 6 heteroatoms. The number of nitrogens with one attached hydrogen (secondary N) is 2. The third-order valence-electron chi connectivity index (χ3n) is 3.66. The summed E-state index contributed by atoms with van der Waals surface area (Å²) in [6.07, 6.45) is 2.82. The first-order chi connectivity index (χ1) is 9.51. The van der Waals surface area contributed by atoms with Gasteiger partial charge in [-0.1, -0.05) is 13.3 Å². The molecule has 1 fully saturated rings. The van der Waals surface area contributed by atoms with Crippen molar-refractivity contribution in [3.05, 3.63) is 28.2 Å². The van der Waals surface area contributed by atoms with Crippen LogP contribution in [0.2, 0.25) is 0 Å². The molecule has 2 atom stereocenters. The van der Waals surface area contributed by atoms with Crippen LogP contribution < -0.4 is 10.6 Å². The number of piperidine rings is 1. The van der Waals surface area contributed by atoms with Gasteiger partial charge >= 0.3 is 0 Å². The molecule has 20 heavy (non-hydrogen) atoms. The van der Waals surface area contributed by atoms with Crippen molar-refractivity contribution in [2.24, 2.45) is 5.92 Å². The van der Waals surface area contributed by atoms with Crippen LogP contribution in [-0.2, 0) is 4.79 Å². The Balaban J connectivity index is 2.08. The number of amides is 1. The summed E-state index contributed by atoms with van der Waals surface area (Å²) >= 11 is 3.06. The van der Waals surface area contributed by atoms with Crippen molar-refractivity contribution in [1.82, 2.24) is 5.32 Å². The Kier molecular flexibility index (Phi) is 5.10. The van der Waals surface area contributed by atoms with Gasteiger partial charge in [-0.2, -0.15) is 0 Å². The SMILES string of the molecule is CCC1CCNC(C(=O)Nc2c(F)cc(F)cc2Br)C1. The minimum Gasteiger partial charge on any atom is -0.321 e. The van der Waals surface area contributed by atoms with E-state index < -0.39 is 11.6 Å². The van der Waals surface area contributed by atoms with Gasteiger partial charge in [0, 0.05) is 10.5 Å². The first kappa shape index (κ1) is 15.4. The van der Waals surface area contributed by atoms with E-state index in [1.165, 1.54) is 0 Å². The lowest BCUT2D eigenvalue weighted by Gasteiger charge is -2.29. The molecule has 0 aromatic heterocycles. The minimum atomic E-state index is -0.784.